The van der Waals surface area contributed by atoms with Gasteiger partial charge >= 0.3 is 0 Å². The van der Waals surface area contributed by atoms with Crippen LogP contribution in [0, 0.1) is 0 Å². The van der Waals surface area contributed by atoms with E-state index in [9.17, 15) is 0 Å². The summed E-state index contributed by atoms with van der Waals surface area (Å²) in [5, 5.41) is 0. The summed E-state index contributed by atoms with van der Waals surface area (Å²) in [5.74, 6) is 1.64. The molecule has 0 saturated carbocycles. The van der Waals surface area contributed by atoms with Crippen molar-refractivity contribution in [2.45, 2.75) is 0 Å². The first-order valence-corrected chi connectivity index (χ1v) is 11.2. The number of ether oxygens (including phenoxy) is 2. The van der Waals surface area contributed by atoms with Crippen molar-refractivity contribution in [3.05, 3.63) is 81.7 Å². The van der Waals surface area contributed by atoms with Gasteiger partial charge in [0, 0.05) is 31.2 Å². The highest BCUT2D eigenvalue weighted by Crippen LogP contribution is 2.55. The van der Waals surface area contributed by atoms with Gasteiger partial charge in [-0.2, -0.15) is 0 Å². The van der Waals surface area contributed by atoms with Gasteiger partial charge in [0.1, 0.15) is 11.5 Å². The Morgan fingerprint density at radius 3 is 1.17 bits per heavy atom. The Labute approximate surface area is 192 Å². The lowest BCUT2D eigenvalue weighted by atomic mass is 9.80. The van der Waals surface area contributed by atoms with Crippen molar-refractivity contribution in [2.75, 3.05) is 14.2 Å². The van der Waals surface area contributed by atoms with E-state index in [-0.39, 0.29) is 0 Å². The molecule has 2 nitrogen and oxygen atoms in total. The number of methoxy groups -OCH3 is 2. The standard InChI is InChI=1S/C26H18Br2O2/c1-29-21-13-5-9-17-15-7-3-11-19(27)23(15)24-16(8-4-12-20(24)28)18-10-6-14-22(30-2)26(18)25(17)21/h3-14H,1-2H3. The van der Waals surface area contributed by atoms with Crippen LogP contribution in [0.1, 0.15) is 0 Å². The zero-order valence-electron chi connectivity index (χ0n) is 16.5. The van der Waals surface area contributed by atoms with Gasteiger partial charge in [0.15, 0.2) is 0 Å². The first kappa shape index (κ1) is 19.4. The zero-order chi connectivity index (χ0) is 20.8. The normalized spacial score (nSPS) is 11.3. The lowest BCUT2D eigenvalue weighted by Gasteiger charge is -2.26. The number of benzene rings is 4. The van der Waals surface area contributed by atoms with Crippen molar-refractivity contribution in [2.24, 2.45) is 0 Å². The molecule has 0 atom stereocenters. The second kappa shape index (κ2) is 7.60. The molecule has 5 rings (SSSR count). The smallest absolute Gasteiger partial charge is 0.127 e. The van der Waals surface area contributed by atoms with Gasteiger partial charge in [0.25, 0.3) is 0 Å². The molecular formula is C26H18Br2O2. The molecule has 0 heterocycles. The van der Waals surface area contributed by atoms with Gasteiger partial charge in [0.2, 0.25) is 0 Å². The summed E-state index contributed by atoms with van der Waals surface area (Å²) in [6, 6.07) is 25.1. The van der Waals surface area contributed by atoms with E-state index < -0.39 is 0 Å². The Balaban J connectivity index is 2.08. The first-order chi connectivity index (χ1) is 14.7. The monoisotopic (exact) mass is 520 g/mol. The molecule has 0 bridgehead atoms. The average Bonchev–Trinajstić information content (AvgIpc) is 2.77. The molecule has 0 saturated heterocycles. The molecule has 0 unspecified atom stereocenters. The number of fused-ring (bicyclic) bond motifs is 8. The molecular weight excluding hydrogens is 504 g/mol. The molecule has 4 aromatic rings. The van der Waals surface area contributed by atoms with E-state index in [4.69, 9.17) is 9.47 Å². The van der Waals surface area contributed by atoms with Gasteiger partial charge in [-0.15, -0.1) is 0 Å². The molecule has 0 amide bonds. The van der Waals surface area contributed by atoms with E-state index in [1.165, 1.54) is 0 Å². The Bertz CT molecular complexity index is 1190. The van der Waals surface area contributed by atoms with Crippen LogP contribution in [0.3, 0.4) is 0 Å². The highest BCUT2D eigenvalue weighted by atomic mass is 79.9. The summed E-state index contributed by atoms with van der Waals surface area (Å²) in [5.41, 5.74) is 8.89. The number of hydrogen-bond donors (Lipinski definition) is 0. The SMILES string of the molecule is COc1cccc2c1-c1c(OC)cccc1-c1cccc(Br)c1-c1c(Br)cccc1-2. The van der Waals surface area contributed by atoms with Crippen molar-refractivity contribution < 1.29 is 9.47 Å². The highest BCUT2D eigenvalue weighted by Gasteiger charge is 2.28. The number of halogens is 2. The second-order valence-electron chi connectivity index (χ2n) is 7.09. The lowest BCUT2D eigenvalue weighted by molar-refractivity contribution is 0.410. The summed E-state index contributed by atoms with van der Waals surface area (Å²) >= 11 is 7.65. The summed E-state index contributed by atoms with van der Waals surface area (Å²) in [4.78, 5) is 0. The summed E-state index contributed by atoms with van der Waals surface area (Å²) in [6.07, 6.45) is 0. The van der Waals surface area contributed by atoms with Gasteiger partial charge < -0.3 is 9.47 Å². The zero-order valence-corrected chi connectivity index (χ0v) is 19.7. The second-order valence-corrected chi connectivity index (χ2v) is 8.80. The van der Waals surface area contributed by atoms with E-state index in [1.807, 2.05) is 24.3 Å². The summed E-state index contributed by atoms with van der Waals surface area (Å²) < 4.78 is 13.8. The van der Waals surface area contributed by atoms with Crippen LogP contribution in [0.25, 0.3) is 44.5 Å². The fraction of sp³-hybridized carbons (Fsp3) is 0.0769. The van der Waals surface area contributed by atoms with E-state index in [0.717, 1.165) is 65.0 Å². The number of hydrogen-bond acceptors (Lipinski definition) is 2. The maximum Gasteiger partial charge on any atom is 0.127 e. The molecule has 4 aromatic carbocycles. The molecule has 0 aromatic heterocycles. The van der Waals surface area contributed by atoms with E-state index in [0.29, 0.717) is 0 Å². The van der Waals surface area contributed by atoms with Gasteiger partial charge in [-0.1, -0.05) is 80.4 Å². The fourth-order valence-corrected chi connectivity index (χ4v) is 5.50. The number of rotatable bonds is 2. The maximum absolute atomic E-state index is 5.85. The lowest BCUT2D eigenvalue weighted by Crippen LogP contribution is -2.02. The van der Waals surface area contributed by atoms with Gasteiger partial charge in [-0.05, 0) is 46.5 Å². The predicted molar refractivity (Wildman–Crippen MR) is 130 cm³/mol. The van der Waals surface area contributed by atoms with Crippen molar-refractivity contribution in [3.63, 3.8) is 0 Å². The predicted octanol–water partition coefficient (Wildman–Crippen LogP) is 8.21. The van der Waals surface area contributed by atoms with Crippen LogP contribution in [-0.2, 0) is 0 Å². The molecule has 30 heavy (non-hydrogen) atoms. The van der Waals surface area contributed by atoms with E-state index >= 15 is 0 Å². The molecule has 4 heteroatoms. The van der Waals surface area contributed by atoms with E-state index in [2.05, 4.69) is 80.4 Å². The first-order valence-electron chi connectivity index (χ1n) is 9.58. The molecule has 0 radical (unpaired) electrons. The molecule has 0 spiro atoms. The minimum Gasteiger partial charge on any atom is -0.496 e. The molecule has 1 aliphatic carbocycles. The molecule has 0 N–H and O–H groups in total. The average molecular weight is 522 g/mol. The van der Waals surface area contributed by atoms with Crippen LogP contribution in [0.15, 0.2) is 81.7 Å². The largest absolute Gasteiger partial charge is 0.496 e. The summed E-state index contributed by atoms with van der Waals surface area (Å²) in [7, 11) is 3.44. The van der Waals surface area contributed by atoms with Crippen LogP contribution >= 0.6 is 31.9 Å². The summed E-state index contributed by atoms with van der Waals surface area (Å²) in [6.45, 7) is 0. The van der Waals surface area contributed by atoms with Gasteiger partial charge in [-0.25, -0.2) is 0 Å². The van der Waals surface area contributed by atoms with Crippen LogP contribution in [0.2, 0.25) is 0 Å². The highest BCUT2D eigenvalue weighted by molar-refractivity contribution is 9.11. The van der Waals surface area contributed by atoms with Crippen molar-refractivity contribution in [1.29, 1.82) is 0 Å². The van der Waals surface area contributed by atoms with Crippen molar-refractivity contribution >= 4 is 31.9 Å². The third-order valence-corrected chi connectivity index (χ3v) is 6.92. The quantitative estimate of drug-likeness (QED) is 0.233. The van der Waals surface area contributed by atoms with Crippen molar-refractivity contribution in [1.82, 2.24) is 0 Å². The Hall–Kier alpha value is -2.56. The Morgan fingerprint density at radius 1 is 0.467 bits per heavy atom. The van der Waals surface area contributed by atoms with Crippen LogP contribution in [0.4, 0.5) is 0 Å². The van der Waals surface area contributed by atoms with Crippen LogP contribution < -0.4 is 9.47 Å². The minimum atomic E-state index is 0.822. The van der Waals surface area contributed by atoms with Gasteiger partial charge in [0.05, 0.1) is 14.2 Å². The minimum absolute atomic E-state index is 0.822. The third-order valence-electron chi connectivity index (χ3n) is 5.60. The van der Waals surface area contributed by atoms with Gasteiger partial charge in [-0.3, -0.25) is 0 Å². The van der Waals surface area contributed by atoms with E-state index in [1.54, 1.807) is 14.2 Å². The van der Waals surface area contributed by atoms with Crippen molar-refractivity contribution in [3.8, 4) is 56.0 Å². The van der Waals surface area contributed by atoms with Crippen LogP contribution in [-0.4, -0.2) is 14.2 Å². The molecule has 148 valence electrons. The molecule has 0 aliphatic heterocycles. The Morgan fingerprint density at radius 2 is 0.800 bits per heavy atom. The molecule has 0 fully saturated rings. The topological polar surface area (TPSA) is 18.5 Å². The fourth-order valence-electron chi connectivity index (χ4n) is 4.37. The Kier molecular flexibility index (Phi) is 4.92. The maximum atomic E-state index is 5.85. The molecule has 1 aliphatic rings. The van der Waals surface area contributed by atoms with Crippen LogP contribution in [0.5, 0.6) is 11.5 Å². The third kappa shape index (κ3) is 2.82.